The van der Waals surface area contributed by atoms with E-state index in [1.165, 1.54) is 7.11 Å². The molecule has 3 aliphatic rings. The monoisotopic (exact) mass is 680 g/mol. The number of nitrogens with zero attached hydrogens (tertiary/aromatic N) is 1. The van der Waals surface area contributed by atoms with Gasteiger partial charge in [-0.1, -0.05) is 6.07 Å². The predicted molar refractivity (Wildman–Crippen MR) is 154 cm³/mol. The number of benzene rings is 2. The maximum Gasteiger partial charge on any atom is 0.247 e. The van der Waals surface area contributed by atoms with E-state index in [1.807, 2.05) is 12.1 Å². The number of halogens is 1. The first kappa shape index (κ1) is 29.4. The lowest BCUT2D eigenvalue weighted by atomic mass is 9.87. The number of fused-ring (bicyclic) bond motifs is 1. The van der Waals surface area contributed by atoms with Crippen molar-refractivity contribution >= 4 is 34.4 Å². The molecule has 12 heteroatoms. The Bertz CT molecular complexity index is 1330. The molecule has 3 atom stereocenters. The summed E-state index contributed by atoms with van der Waals surface area (Å²) in [6, 6.07) is 8.07. The van der Waals surface area contributed by atoms with E-state index < -0.39 is 24.2 Å². The largest absolute Gasteiger partial charge is 0.493 e. The van der Waals surface area contributed by atoms with E-state index in [9.17, 15) is 24.9 Å². The summed E-state index contributed by atoms with van der Waals surface area (Å²) in [4.78, 5) is 28.4. The molecule has 220 valence electrons. The highest BCUT2D eigenvalue weighted by Gasteiger charge is 2.44. The molecule has 0 saturated heterocycles. The van der Waals surface area contributed by atoms with Gasteiger partial charge in [0.1, 0.15) is 12.2 Å². The Morgan fingerprint density at radius 2 is 1.90 bits per heavy atom. The number of hydrogen-bond donors (Lipinski definition) is 4. The fourth-order valence-corrected chi connectivity index (χ4v) is 5.85. The van der Waals surface area contributed by atoms with Crippen molar-refractivity contribution in [3.8, 4) is 23.0 Å². The van der Waals surface area contributed by atoms with Crippen LogP contribution < -0.4 is 24.3 Å². The third-order valence-corrected chi connectivity index (χ3v) is 8.14. The van der Waals surface area contributed by atoms with Gasteiger partial charge in [-0.25, -0.2) is 0 Å². The average Bonchev–Trinajstić information content (AvgIpc) is 3.73. The first-order chi connectivity index (χ1) is 19.8. The van der Waals surface area contributed by atoms with Crippen LogP contribution in [0.5, 0.6) is 23.0 Å². The lowest BCUT2D eigenvalue weighted by Crippen LogP contribution is -2.55. The van der Waals surface area contributed by atoms with Gasteiger partial charge in [0.05, 0.1) is 29.9 Å². The number of aliphatic hydroxyl groups is 3. The van der Waals surface area contributed by atoms with E-state index in [4.69, 9.17) is 18.9 Å². The molecule has 4 N–H and O–H groups in total. The van der Waals surface area contributed by atoms with Gasteiger partial charge in [-0.05, 0) is 76.9 Å². The summed E-state index contributed by atoms with van der Waals surface area (Å²) in [6.07, 6.45) is 1.01. The fourth-order valence-electron chi connectivity index (χ4n) is 5.05. The highest BCUT2D eigenvalue weighted by atomic mass is 127. The van der Waals surface area contributed by atoms with E-state index in [-0.39, 0.29) is 51.3 Å². The number of amides is 2. The van der Waals surface area contributed by atoms with Crippen molar-refractivity contribution in [1.82, 2.24) is 10.2 Å². The predicted octanol–water partition coefficient (Wildman–Crippen LogP) is 1.88. The number of ether oxygens (including phenoxy) is 4. The number of aliphatic hydroxyl groups excluding tert-OH is 3. The van der Waals surface area contributed by atoms with Crippen LogP contribution in [0, 0.1) is 9.49 Å². The summed E-state index contributed by atoms with van der Waals surface area (Å²) in [6.45, 7) is -0.0341. The van der Waals surface area contributed by atoms with Gasteiger partial charge in [-0.15, -0.1) is 0 Å². The first-order valence-electron chi connectivity index (χ1n) is 13.4. The molecule has 1 saturated carbocycles. The zero-order valence-corrected chi connectivity index (χ0v) is 24.7. The smallest absolute Gasteiger partial charge is 0.247 e. The van der Waals surface area contributed by atoms with E-state index in [0.717, 1.165) is 18.4 Å². The van der Waals surface area contributed by atoms with Crippen molar-refractivity contribution in [2.24, 2.45) is 5.92 Å². The van der Waals surface area contributed by atoms with Crippen LogP contribution in [0.15, 0.2) is 42.0 Å². The van der Waals surface area contributed by atoms with E-state index in [0.29, 0.717) is 37.7 Å². The maximum absolute atomic E-state index is 13.6. The third-order valence-electron chi connectivity index (χ3n) is 7.34. The zero-order valence-electron chi connectivity index (χ0n) is 22.5. The topological polar surface area (TPSA) is 147 Å². The summed E-state index contributed by atoms with van der Waals surface area (Å²) < 4.78 is 23.4. The second-order valence-electron chi connectivity index (χ2n) is 10.2. The molecule has 2 aromatic rings. The molecule has 2 aromatic carbocycles. The third kappa shape index (κ3) is 6.55. The Hall–Kier alpha value is -3.07. The van der Waals surface area contributed by atoms with Crippen molar-refractivity contribution in [2.75, 3.05) is 27.1 Å². The van der Waals surface area contributed by atoms with Gasteiger partial charge in [0.2, 0.25) is 18.6 Å². The van der Waals surface area contributed by atoms with Crippen molar-refractivity contribution in [1.29, 1.82) is 0 Å². The Labute approximate surface area is 251 Å². The molecule has 0 bridgehead atoms. The molecule has 3 unspecified atom stereocenters. The second kappa shape index (κ2) is 12.8. The van der Waals surface area contributed by atoms with Gasteiger partial charge < -0.3 is 44.5 Å². The van der Waals surface area contributed by atoms with Crippen molar-refractivity contribution in [3.63, 3.8) is 0 Å². The van der Waals surface area contributed by atoms with Crippen molar-refractivity contribution in [3.05, 3.63) is 56.7 Å². The van der Waals surface area contributed by atoms with Crippen LogP contribution in [0.2, 0.25) is 0 Å². The molecule has 1 fully saturated rings. The lowest BCUT2D eigenvalue weighted by molar-refractivity contribution is -0.140. The van der Waals surface area contributed by atoms with Gasteiger partial charge >= 0.3 is 0 Å². The minimum absolute atomic E-state index is 0.0607. The highest BCUT2D eigenvalue weighted by molar-refractivity contribution is 14.1. The lowest BCUT2D eigenvalue weighted by Gasteiger charge is -2.41. The van der Waals surface area contributed by atoms with Crippen LogP contribution in [0.1, 0.15) is 30.4 Å². The average molecular weight is 680 g/mol. The summed E-state index contributed by atoms with van der Waals surface area (Å²) in [5.41, 5.74) is 1.76. The number of carbonyl (C=O) groups is 2. The quantitative estimate of drug-likeness (QED) is 0.262. The first-order valence-corrected chi connectivity index (χ1v) is 14.5. The van der Waals surface area contributed by atoms with Crippen LogP contribution in [0.3, 0.4) is 0 Å². The van der Waals surface area contributed by atoms with Gasteiger partial charge in [0.15, 0.2) is 23.0 Å². The minimum atomic E-state index is -1.18. The Kier molecular flexibility index (Phi) is 9.22. The molecule has 2 aliphatic carbocycles. The van der Waals surface area contributed by atoms with Gasteiger partial charge in [-0.3, -0.25) is 9.59 Å². The van der Waals surface area contributed by atoms with Gasteiger partial charge in [0, 0.05) is 31.0 Å². The molecule has 1 heterocycles. The van der Waals surface area contributed by atoms with Crippen LogP contribution in [-0.2, 0) is 22.7 Å². The van der Waals surface area contributed by atoms with Crippen molar-refractivity contribution in [2.45, 2.75) is 50.7 Å². The molecule has 1 aliphatic heterocycles. The molecular formula is C29H33IN2O9. The summed E-state index contributed by atoms with van der Waals surface area (Å²) in [5.74, 6) is 1.27. The van der Waals surface area contributed by atoms with Crippen LogP contribution in [0.4, 0.5) is 0 Å². The van der Waals surface area contributed by atoms with Crippen LogP contribution in [0.25, 0.3) is 0 Å². The van der Waals surface area contributed by atoms with Gasteiger partial charge in [0.25, 0.3) is 0 Å². The molecule has 11 nitrogen and oxygen atoms in total. The molecule has 0 radical (unpaired) electrons. The molecule has 0 spiro atoms. The Morgan fingerprint density at radius 3 is 2.61 bits per heavy atom. The van der Waals surface area contributed by atoms with Gasteiger partial charge in [-0.2, -0.15) is 0 Å². The fraction of sp³-hybridized carbons (Fsp3) is 0.448. The number of methoxy groups -OCH3 is 1. The van der Waals surface area contributed by atoms with Crippen molar-refractivity contribution < 1.29 is 43.9 Å². The van der Waals surface area contributed by atoms with E-state index in [2.05, 4.69) is 27.9 Å². The standard InChI is InChI=1S/C29H33IN2O9/c1-38-25-10-17(14-34)8-20(30)27(25)41-24-12-19(28(36)31-6-7-33)11-21(26(24)35)32(29(37)18-3-4-18)13-16-2-5-22-23(9-16)40-15-39-22/h2,5,8-10,12,18,21,24,26,33-35H,3-4,6-7,11,13-15H2,1H3,(H,31,36). The summed E-state index contributed by atoms with van der Waals surface area (Å²) >= 11 is 2.06. The highest BCUT2D eigenvalue weighted by Crippen LogP contribution is 2.39. The Balaban J connectivity index is 1.49. The van der Waals surface area contributed by atoms with Crippen LogP contribution in [-0.4, -0.2) is 77.3 Å². The number of hydrogen-bond acceptors (Lipinski definition) is 9. The number of rotatable bonds is 11. The Morgan fingerprint density at radius 1 is 1.12 bits per heavy atom. The molecule has 2 amide bonds. The molecule has 0 aromatic heterocycles. The van der Waals surface area contributed by atoms with Crippen LogP contribution >= 0.6 is 22.6 Å². The second-order valence-corrected chi connectivity index (χ2v) is 11.4. The van der Waals surface area contributed by atoms with E-state index >= 15 is 0 Å². The zero-order chi connectivity index (χ0) is 29.1. The normalized spacial score (nSPS) is 21.2. The van der Waals surface area contributed by atoms with E-state index in [1.54, 1.807) is 29.2 Å². The number of nitrogens with one attached hydrogen (secondary N) is 1. The maximum atomic E-state index is 13.6. The molecular weight excluding hydrogens is 647 g/mol. The summed E-state index contributed by atoms with van der Waals surface area (Å²) in [5, 5.41) is 33.2. The summed E-state index contributed by atoms with van der Waals surface area (Å²) in [7, 11) is 1.48. The molecule has 41 heavy (non-hydrogen) atoms. The minimum Gasteiger partial charge on any atom is -0.493 e. The molecule has 5 rings (SSSR count). The SMILES string of the molecule is COc1cc(CO)cc(I)c1OC1C=C(C(=O)NCCO)CC(N(Cc2ccc3c(c2)OCO3)C(=O)C2CC2)C1O. The number of carbonyl (C=O) groups excluding carboxylic acids is 2.